The number of rotatable bonds is 0. The summed E-state index contributed by atoms with van der Waals surface area (Å²) in [6.45, 7) is 2.77. The van der Waals surface area contributed by atoms with E-state index in [0.717, 1.165) is 16.0 Å². The monoisotopic (exact) mass is 207 g/mol. The van der Waals surface area contributed by atoms with E-state index < -0.39 is 0 Å². The summed E-state index contributed by atoms with van der Waals surface area (Å²) in [5.41, 5.74) is 3.49. The summed E-state index contributed by atoms with van der Waals surface area (Å²) >= 11 is 1.57. The van der Waals surface area contributed by atoms with Gasteiger partial charge < -0.3 is 9.88 Å². The molecule has 0 aromatic carbocycles. The molecular weight excluding hydrogens is 198 g/mol. The second-order valence-corrected chi connectivity index (χ2v) is 4.39. The largest absolute Gasteiger partial charge is 0.349 e. The van der Waals surface area contributed by atoms with Crippen molar-refractivity contribution >= 4 is 27.6 Å². The molecule has 3 heterocycles. The molecule has 5 heteroatoms. The van der Waals surface area contributed by atoms with Crippen LogP contribution in [0.3, 0.4) is 0 Å². The standard InChI is InChI=1S/C9H9N3OS/c1-5-3-10-9(13)6-2-7-8(12(5)6)11-4-14-7/h2,4-5H,3H2,1H3,(H,10,13). The lowest BCUT2D eigenvalue weighted by molar-refractivity contribution is 0.0919. The van der Waals surface area contributed by atoms with Gasteiger partial charge in [-0.1, -0.05) is 0 Å². The Hall–Kier alpha value is -1.36. The highest BCUT2D eigenvalue weighted by Crippen LogP contribution is 2.27. The molecule has 2 aromatic heterocycles. The minimum absolute atomic E-state index is 0.00769. The Balaban J connectivity index is 2.37. The third-order valence-corrected chi connectivity index (χ3v) is 3.33. The molecule has 0 fully saturated rings. The molecule has 0 radical (unpaired) electrons. The van der Waals surface area contributed by atoms with Crippen LogP contribution in [-0.4, -0.2) is 22.0 Å². The third-order valence-electron chi connectivity index (χ3n) is 2.56. The van der Waals surface area contributed by atoms with Crippen LogP contribution in [0.5, 0.6) is 0 Å². The molecule has 1 aliphatic heterocycles. The SMILES string of the molecule is CC1CNC(=O)c2cc3scnc3n21. The minimum atomic E-state index is 0.00769. The summed E-state index contributed by atoms with van der Waals surface area (Å²) in [6, 6.07) is 2.21. The molecule has 0 aliphatic carbocycles. The highest BCUT2D eigenvalue weighted by molar-refractivity contribution is 7.16. The van der Waals surface area contributed by atoms with Gasteiger partial charge in [-0.15, -0.1) is 11.3 Å². The maximum absolute atomic E-state index is 11.5. The second-order valence-electron chi connectivity index (χ2n) is 3.50. The lowest BCUT2D eigenvalue weighted by Gasteiger charge is -2.22. The molecule has 4 nitrogen and oxygen atoms in total. The normalized spacial score (nSPS) is 20.9. The predicted octanol–water partition coefficient (Wildman–Crippen LogP) is 1.40. The van der Waals surface area contributed by atoms with Crippen molar-refractivity contribution in [1.29, 1.82) is 0 Å². The highest BCUT2D eigenvalue weighted by atomic mass is 32.1. The number of nitrogens with one attached hydrogen (secondary N) is 1. The van der Waals surface area contributed by atoms with E-state index in [9.17, 15) is 4.79 Å². The van der Waals surface area contributed by atoms with E-state index in [1.807, 2.05) is 16.1 Å². The first kappa shape index (κ1) is 7.99. The Morgan fingerprint density at radius 2 is 2.57 bits per heavy atom. The molecule has 0 bridgehead atoms. The first-order valence-electron chi connectivity index (χ1n) is 4.50. The number of thiazole rings is 1. The number of aromatic nitrogens is 2. The molecule has 1 aliphatic rings. The average molecular weight is 207 g/mol. The topological polar surface area (TPSA) is 46.9 Å². The average Bonchev–Trinajstić information content (AvgIpc) is 2.70. The van der Waals surface area contributed by atoms with Gasteiger partial charge in [0.1, 0.15) is 5.69 Å². The lowest BCUT2D eigenvalue weighted by Crippen LogP contribution is -2.37. The summed E-state index contributed by atoms with van der Waals surface area (Å²) < 4.78 is 3.11. The molecule has 1 amide bonds. The van der Waals surface area contributed by atoms with Crippen LogP contribution in [0.1, 0.15) is 23.5 Å². The van der Waals surface area contributed by atoms with E-state index in [4.69, 9.17) is 0 Å². The highest BCUT2D eigenvalue weighted by Gasteiger charge is 2.25. The van der Waals surface area contributed by atoms with Crippen LogP contribution in [0, 0.1) is 0 Å². The minimum Gasteiger partial charge on any atom is -0.349 e. The quantitative estimate of drug-likeness (QED) is 0.709. The van der Waals surface area contributed by atoms with Gasteiger partial charge in [0.25, 0.3) is 5.91 Å². The Morgan fingerprint density at radius 1 is 1.71 bits per heavy atom. The fourth-order valence-corrected chi connectivity index (χ4v) is 2.58. The fraction of sp³-hybridized carbons (Fsp3) is 0.333. The number of carbonyl (C=O) groups excluding carboxylic acids is 1. The Kier molecular flexibility index (Phi) is 1.47. The predicted molar refractivity (Wildman–Crippen MR) is 54.7 cm³/mol. The van der Waals surface area contributed by atoms with Crippen molar-refractivity contribution in [2.45, 2.75) is 13.0 Å². The van der Waals surface area contributed by atoms with Gasteiger partial charge in [0.15, 0.2) is 5.65 Å². The number of amides is 1. The van der Waals surface area contributed by atoms with Crippen LogP contribution >= 0.6 is 11.3 Å². The van der Waals surface area contributed by atoms with Crippen LogP contribution in [0.15, 0.2) is 11.6 Å². The molecule has 1 atom stereocenters. The summed E-state index contributed by atoms with van der Waals surface area (Å²) in [4.78, 5) is 15.8. The zero-order valence-electron chi connectivity index (χ0n) is 7.65. The van der Waals surface area contributed by atoms with Gasteiger partial charge in [-0.2, -0.15) is 0 Å². The molecular formula is C9H9N3OS. The number of carbonyl (C=O) groups is 1. The van der Waals surface area contributed by atoms with Gasteiger partial charge in [0.05, 0.1) is 16.3 Å². The first-order valence-corrected chi connectivity index (χ1v) is 5.38. The number of hydrogen-bond donors (Lipinski definition) is 1. The third kappa shape index (κ3) is 0.874. The number of nitrogens with zero attached hydrogens (tertiary/aromatic N) is 2. The van der Waals surface area contributed by atoms with Gasteiger partial charge in [0.2, 0.25) is 0 Å². The lowest BCUT2D eigenvalue weighted by atomic mass is 10.2. The molecule has 2 aromatic rings. The van der Waals surface area contributed by atoms with Crippen LogP contribution in [0.4, 0.5) is 0 Å². The molecule has 14 heavy (non-hydrogen) atoms. The molecule has 1 unspecified atom stereocenters. The maximum Gasteiger partial charge on any atom is 0.268 e. The van der Waals surface area contributed by atoms with Crippen molar-refractivity contribution in [2.24, 2.45) is 0 Å². The van der Waals surface area contributed by atoms with Gasteiger partial charge in [-0.3, -0.25) is 4.79 Å². The summed E-state index contributed by atoms with van der Waals surface area (Å²) in [5, 5.41) is 2.86. The van der Waals surface area contributed by atoms with E-state index in [-0.39, 0.29) is 5.91 Å². The van der Waals surface area contributed by atoms with E-state index in [1.54, 1.807) is 11.3 Å². The first-order chi connectivity index (χ1) is 6.77. The van der Waals surface area contributed by atoms with E-state index in [1.165, 1.54) is 0 Å². The Labute approximate surface area is 84.6 Å². The number of fused-ring (bicyclic) bond motifs is 3. The molecule has 3 rings (SSSR count). The van der Waals surface area contributed by atoms with Gasteiger partial charge >= 0.3 is 0 Å². The van der Waals surface area contributed by atoms with E-state index >= 15 is 0 Å². The van der Waals surface area contributed by atoms with Crippen molar-refractivity contribution in [3.05, 3.63) is 17.3 Å². The van der Waals surface area contributed by atoms with Crippen LogP contribution in [0.2, 0.25) is 0 Å². The number of hydrogen-bond acceptors (Lipinski definition) is 3. The van der Waals surface area contributed by atoms with E-state index in [2.05, 4.69) is 17.2 Å². The molecule has 72 valence electrons. The Morgan fingerprint density at radius 3 is 3.43 bits per heavy atom. The van der Waals surface area contributed by atoms with Gasteiger partial charge in [-0.25, -0.2) is 4.98 Å². The van der Waals surface area contributed by atoms with Gasteiger partial charge in [0, 0.05) is 6.54 Å². The summed E-state index contributed by atoms with van der Waals surface area (Å²) in [5.74, 6) is 0.00769. The molecule has 0 spiro atoms. The molecule has 0 saturated heterocycles. The van der Waals surface area contributed by atoms with Gasteiger partial charge in [-0.05, 0) is 13.0 Å². The summed E-state index contributed by atoms with van der Waals surface area (Å²) in [6.07, 6.45) is 0. The summed E-state index contributed by atoms with van der Waals surface area (Å²) in [7, 11) is 0. The second kappa shape index (κ2) is 2.57. The molecule has 1 N–H and O–H groups in total. The smallest absolute Gasteiger partial charge is 0.268 e. The molecule has 0 saturated carbocycles. The zero-order valence-corrected chi connectivity index (χ0v) is 8.47. The maximum atomic E-state index is 11.5. The van der Waals surface area contributed by atoms with Crippen LogP contribution in [-0.2, 0) is 0 Å². The fourth-order valence-electron chi connectivity index (χ4n) is 1.88. The van der Waals surface area contributed by atoms with Crippen molar-refractivity contribution < 1.29 is 4.79 Å². The Bertz CT molecular complexity index is 513. The van der Waals surface area contributed by atoms with Crippen molar-refractivity contribution in [1.82, 2.24) is 14.9 Å². The van der Waals surface area contributed by atoms with E-state index in [0.29, 0.717) is 12.6 Å². The van der Waals surface area contributed by atoms with Crippen LogP contribution < -0.4 is 5.32 Å². The van der Waals surface area contributed by atoms with Crippen molar-refractivity contribution in [2.75, 3.05) is 6.54 Å². The van der Waals surface area contributed by atoms with Crippen LogP contribution in [0.25, 0.3) is 10.3 Å². The van der Waals surface area contributed by atoms with Crippen molar-refractivity contribution in [3.63, 3.8) is 0 Å². The van der Waals surface area contributed by atoms with Crippen molar-refractivity contribution in [3.8, 4) is 0 Å². The zero-order chi connectivity index (χ0) is 9.71.